The van der Waals surface area contributed by atoms with Crippen LogP contribution >= 0.6 is 0 Å². The molecule has 0 bridgehead atoms. The van der Waals surface area contributed by atoms with Crippen molar-refractivity contribution in [3.63, 3.8) is 0 Å². The second-order valence-electron chi connectivity index (χ2n) is 11.1. The topological polar surface area (TPSA) is 81.8 Å². The summed E-state index contributed by atoms with van der Waals surface area (Å²) in [6, 6.07) is 36.2. The summed E-state index contributed by atoms with van der Waals surface area (Å²) >= 11 is 0. The van der Waals surface area contributed by atoms with E-state index in [4.69, 9.17) is 33.8 Å². The molecule has 0 atom stereocenters. The van der Waals surface area contributed by atoms with Crippen molar-refractivity contribution in [2.24, 2.45) is 0 Å². The number of aryl methyl sites for hydroxylation is 1. The van der Waals surface area contributed by atoms with Crippen LogP contribution in [0, 0.1) is 6.92 Å². The van der Waals surface area contributed by atoms with Gasteiger partial charge in [0.15, 0.2) is 13.6 Å². The van der Waals surface area contributed by atoms with E-state index in [1.54, 1.807) is 4.68 Å². The molecule has 4 aromatic carbocycles. The summed E-state index contributed by atoms with van der Waals surface area (Å²) in [6.45, 7) is 7.04. The molecule has 0 N–H and O–H groups in total. The fraction of sp³-hybridized carbons (Fsp3) is 0.179. The van der Waals surface area contributed by atoms with Crippen molar-refractivity contribution < 1.29 is 23.7 Å². The van der Waals surface area contributed by atoms with Crippen LogP contribution in [0.2, 0.25) is 0 Å². The van der Waals surface area contributed by atoms with Gasteiger partial charge in [-0.1, -0.05) is 54.6 Å². The summed E-state index contributed by atoms with van der Waals surface area (Å²) in [7, 11) is 0. The normalized spacial score (nSPS) is 11.3. The van der Waals surface area contributed by atoms with Crippen LogP contribution in [0.1, 0.15) is 19.4 Å². The van der Waals surface area contributed by atoms with Gasteiger partial charge in [-0.2, -0.15) is 4.68 Å². The Morgan fingerprint density at radius 3 is 2.23 bits per heavy atom. The molecule has 9 nitrogen and oxygen atoms in total. The Hall–Kier alpha value is -5.64. The van der Waals surface area contributed by atoms with Crippen molar-refractivity contribution in [3.8, 4) is 45.9 Å². The molecule has 9 heteroatoms. The first-order valence-electron chi connectivity index (χ1n) is 16.0. The van der Waals surface area contributed by atoms with E-state index in [2.05, 4.69) is 54.0 Å². The third-order valence-corrected chi connectivity index (χ3v) is 7.91. The zero-order chi connectivity index (χ0) is 32.9. The summed E-state index contributed by atoms with van der Waals surface area (Å²) in [4.78, 5) is 4.70. The zero-order valence-electron chi connectivity index (χ0n) is 27.1. The van der Waals surface area contributed by atoms with Crippen LogP contribution in [0.4, 0.5) is 0 Å². The predicted octanol–water partition coefficient (Wildman–Crippen LogP) is 8.88. The first kappa shape index (κ1) is 31.0. The van der Waals surface area contributed by atoms with Gasteiger partial charge in [0.25, 0.3) is 0 Å². The van der Waals surface area contributed by atoms with E-state index in [-0.39, 0.29) is 13.6 Å². The minimum atomic E-state index is 0.0485. The van der Waals surface area contributed by atoms with Gasteiger partial charge in [-0.15, -0.1) is 5.10 Å². The highest BCUT2D eigenvalue weighted by atomic mass is 16.7. The maximum absolute atomic E-state index is 6.51. The number of hydrogen-bond acceptors (Lipinski definition) is 7. The molecule has 48 heavy (non-hydrogen) atoms. The van der Waals surface area contributed by atoms with Crippen molar-refractivity contribution in [2.45, 2.75) is 20.8 Å². The monoisotopic (exact) mass is 640 g/mol. The molecule has 0 unspecified atom stereocenters. The van der Waals surface area contributed by atoms with Gasteiger partial charge in [-0.05, 0) is 74.4 Å². The molecule has 0 fully saturated rings. The molecular formula is C39H36N4O5. The van der Waals surface area contributed by atoms with Crippen LogP contribution in [0.25, 0.3) is 44.4 Å². The average molecular weight is 641 g/mol. The molecule has 3 heterocycles. The minimum Gasteiger partial charge on any atom is -0.457 e. The van der Waals surface area contributed by atoms with Gasteiger partial charge in [0.05, 0.1) is 16.7 Å². The molecule has 242 valence electrons. The van der Waals surface area contributed by atoms with E-state index in [0.29, 0.717) is 42.0 Å². The van der Waals surface area contributed by atoms with Crippen molar-refractivity contribution >= 4 is 21.8 Å². The maximum Gasteiger partial charge on any atom is 0.247 e. The van der Waals surface area contributed by atoms with Gasteiger partial charge in [-0.25, -0.2) is 4.98 Å². The first-order valence-corrected chi connectivity index (χ1v) is 16.0. The van der Waals surface area contributed by atoms with E-state index in [9.17, 15) is 0 Å². The quantitative estimate of drug-likeness (QED) is 0.0920. The molecule has 0 spiro atoms. The number of ether oxygens (including phenoxy) is 5. The second-order valence-corrected chi connectivity index (χ2v) is 11.1. The van der Waals surface area contributed by atoms with E-state index >= 15 is 0 Å². The number of benzene rings is 4. The number of hydrogen-bond donors (Lipinski definition) is 0. The lowest BCUT2D eigenvalue weighted by Gasteiger charge is -2.13. The lowest BCUT2D eigenvalue weighted by molar-refractivity contribution is 0.0183. The zero-order valence-corrected chi connectivity index (χ0v) is 27.1. The highest BCUT2D eigenvalue weighted by Crippen LogP contribution is 2.41. The number of pyridine rings is 1. The summed E-state index contributed by atoms with van der Waals surface area (Å²) in [5, 5.41) is 7.11. The van der Waals surface area contributed by atoms with Gasteiger partial charge in [0.2, 0.25) is 11.8 Å². The van der Waals surface area contributed by atoms with Crippen molar-refractivity contribution in [1.82, 2.24) is 19.3 Å². The highest BCUT2D eigenvalue weighted by molar-refractivity contribution is 6.09. The van der Waals surface area contributed by atoms with Gasteiger partial charge < -0.3 is 23.7 Å². The van der Waals surface area contributed by atoms with Crippen LogP contribution in [0.15, 0.2) is 115 Å². The van der Waals surface area contributed by atoms with Crippen LogP contribution in [0.5, 0.6) is 23.3 Å². The summed E-state index contributed by atoms with van der Waals surface area (Å²) in [6.07, 6.45) is 1.84. The van der Waals surface area contributed by atoms with Gasteiger partial charge in [-0.3, -0.25) is 4.57 Å². The van der Waals surface area contributed by atoms with Crippen molar-refractivity contribution in [1.29, 1.82) is 0 Å². The Bertz CT molecular complexity index is 2170. The molecule has 0 aliphatic carbocycles. The van der Waals surface area contributed by atoms with Crippen LogP contribution in [-0.4, -0.2) is 46.1 Å². The fourth-order valence-electron chi connectivity index (χ4n) is 5.72. The molecule has 0 radical (unpaired) electrons. The van der Waals surface area contributed by atoms with E-state index in [1.165, 1.54) is 0 Å². The van der Waals surface area contributed by atoms with E-state index < -0.39 is 0 Å². The molecule has 0 saturated carbocycles. The Balaban J connectivity index is 1.29. The third-order valence-electron chi connectivity index (χ3n) is 7.91. The minimum absolute atomic E-state index is 0.0485. The molecule has 0 aliphatic heterocycles. The molecule has 7 aromatic rings. The predicted molar refractivity (Wildman–Crippen MR) is 187 cm³/mol. The molecule has 0 aliphatic rings. The maximum atomic E-state index is 6.51. The van der Waals surface area contributed by atoms with Gasteiger partial charge >= 0.3 is 0 Å². The lowest BCUT2D eigenvalue weighted by atomic mass is 10.1. The number of aromatic nitrogens is 4. The van der Waals surface area contributed by atoms with Crippen LogP contribution in [-0.2, 0) is 9.47 Å². The Labute approximate surface area is 278 Å². The highest BCUT2D eigenvalue weighted by Gasteiger charge is 2.24. The van der Waals surface area contributed by atoms with Gasteiger partial charge in [0, 0.05) is 42.3 Å². The molecule has 3 aromatic heterocycles. The summed E-state index contributed by atoms with van der Waals surface area (Å²) in [5.74, 6) is 3.04. The lowest BCUT2D eigenvalue weighted by Crippen LogP contribution is -2.08. The number of fused-ring (bicyclic) bond motifs is 3. The largest absolute Gasteiger partial charge is 0.457 e. The standard InChI is InChI=1S/C39H36N4O5/c1-4-44-25-46-38-37(28-12-7-6-8-13-28)39(47-26-45-5-2)43(41-38)29-14-11-15-30(23-29)48-31-18-19-33-32-16-9-10-17-34(32)42(35(33)24-31)36-22-27(3)20-21-40-36/h6-24H,4-5,25-26H2,1-3H3. The second kappa shape index (κ2) is 14.0. The number of nitrogens with zero attached hydrogens (tertiary/aromatic N) is 4. The Morgan fingerprint density at radius 1 is 0.667 bits per heavy atom. The van der Waals surface area contributed by atoms with Crippen molar-refractivity contribution in [2.75, 3.05) is 26.8 Å². The SMILES string of the molecule is CCOCOc1nn(-c2cccc(Oc3ccc4c5ccccc5n(-c5cc(C)ccn5)c4c3)c2)c(OCOCC)c1-c1ccccc1. The summed E-state index contributed by atoms with van der Waals surface area (Å²) < 4.78 is 33.7. The fourth-order valence-corrected chi connectivity index (χ4v) is 5.72. The number of para-hydroxylation sites is 1. The average Bonchev–Trinajstić information content (AvgIpc) is 3.64. The van der Waals surface area contributed by atoms with Gasteiger partial charge in [0.1, 0.15) is 22.9 Å². The molecular weight excluding hydrogens is 604 g/mol. The van der Waals surface area contributed by atoms with E-state index in [1.807, 2.05) is 86.8 Å². The Kier molecular flexibility index (Phi) is 9.04. The first-order chi connectivity index (χ1) is 23.6. The molecule has 0 saturated heterocycles. The Morgan fingerprint density at radius 2 is 1.42 bits per heavy atom. The van der Waals surface area contributed by atoms with Crippen molar-refractivity contribution in [3.05, 3.63) is 121 Å². The molecule has 7 rings (SSSR count). The number of rotatable bonds is 13. The third kappa shape index (κ3) is 6.21. The molecule has 0 amide bonds. The summed E-state index contributed by atoms with van der Waals surface area (Å²) in [5.41, 5.74) is 5.54. The smallest absolute Gasteiger partial charge is 0.247 e. The van der Waals surface area contributed by atoms with E-state index in [0.717, 1.165) is 44.4 Å². The van der Waals surface area contributed by atoms with Crippen LogP contribution in [0.3, 0.4) is 0 Å². The van der Waals surface area contributed by atoms with Crippen LogP contribution < -0.4 is 14.2 Å².